The van der Waals surface area contributed by atoms with Gasteiger partial charge in [0.05, 0.1) is 19.1 Å². The predicted molar refractivity (Wildman–Crippen MR) is 296 cm³/mol. The molecule has 2 fully saturated rings. The Hall–Kier alpha value is -7.08. The topological polar surface area (TPSA) is 233 Å². The second-order valence-electron chi connectivity index (χ2n) is 21.2. The maximum atomic E-state index is 14.5. The normalized spacial score (nSPS) is 14.7. The van der Waals surface area contributed by atoms with Crippen LogP contribution in [0, 0.1) is 58.2 Å². The van der Waals surface area contributed by atoms with E-state index >= 15 is 0 Å². The number of phenols is 2. The summed E-state index contributed by atoms with van der Waals surface area (Å²) in [7, 11) is -9.50. The Balaban J connectivity index is 0.000000281. The van der Waals surface area contributed by atoms with E-state index in [0.717, 1.165) is 131 Å². The third-order valence-corrected chi connectivity index (χ3v) is 19.7. The van der Waals surface area contributed by atoms with Crippen molar-refractivity contribution in [2.24, 2.45) is 0 Å². The van der Waals surface area contributed by atoms with Gasteiger partial charge in [-0.15, -0.1) is 0 Å². The molecule has 0 aromatic heterocycles. The van der Waals surface area contributed by atoms with Crippen LogP contribution < -0.4 is 44.5 Å². The third-order valence-electron chi connectivity index (χ3n) is 15.8. The fourth-order valence-electron chi connectivity index (χ4n) is 10.4. The second kappa shape index (κ2) is 29.3. The molecule has 0 heterocycles. The Morgan fingerprint density at radius 2 is 0.775 bits per heavy atom. The van der Waals surface area contributed by atoms with Gasteiger partial charge in [0, 0.05) is 43.2 Å². The van der Waals surface area contributed by atoms with Crippen LogP contribution in [0.15, 0.2) is 94.7 Å². The van der Waals surface area contributed by atoms with Crippen molar-refractivity contribution in [3.05, 3.63) is 176 Å². The molecule has 0 spiro atoms. The van der Waals surface area contributed by atoms with Crippen molar-refractivity contribution in [1.82, 2.24) is 8.61 Å². The number of anilines is 2. The zero-order valence-electron chi connectivity index (χ0n) is 48.3. The fourth-order valence-corrected chi connectivity index (χ4v) is 13.3. The molecular weight excluding hydrogens is 1250 g/mol. The van der Waals surface area contributed by atoms with E-state index in [0.29, 0.717) is 23.0 Å². The van der Waals surface area contributed by atoms with Gasteiger partial charge < -0.3 is 35.0 Å². The van der Waals surface area contributed by atoms with Crippen LogP contribution in [0.2, 0.25) is 0 Å². The van der Waals surface area contributed by atoms with Crippen LogP contribution in [0.1, 0.15) is 133 Å². The van der Waals surface area contributed by atoms with Crippen molar-refractivity contribution in [2.45, 2.75) is 125 Å². The van der Waals surface area contributed by atoms with Gasteiger partial charge in [-0.25, -0.2) is 65.5 Å². The zero-order valence-corrected chi connectivity index (χ0v) is 51.9. The molecule has 0 unspecified atom stereocenters. The Labute approximate surface area is 527 Å². The minimum absolute atomic E-state index is 0. The van der Waals surface area contributed by atoms with Crippen molar-refractivity contribution in [3.63, 3.8) is 0 Å². The molecule has 8 rings (SSSR count). The molecule has 2 amide bonds. The number of aromatic carboxylic acids is 2. The molecule has 2 atom stereocenters. The second-order valence-corrected chi connectivity index (χ2v) is 25.1. The van der Waals surface area contributed by atoms with Crippen LogP contribution >= 0.6 is 0 Å². The number of carbonyl (C=O) groups excluding carboxylic acids is 3. The smallest absolute Gasteiger partial charge is 0.545 e. The van der Waals surface area contributed by atoms with Gasteiger partial charge in [0.2, 0.25) is 43.5 Å². The van der Waals surface area contributed by atoms with Gasteiger partial charge in [-0.2, -0.15) is 8.61 Å². The van der Waals surface area contributed by atoms with E-state index < -0.39 is 146 Å². The Morgan fingerprint density at radius 3 is 1.06 bits per heavy atom. The molecule has 16 nitrogen and oxygen atoms in total. The molecule has 6 aromatic rings. The summed E-state index contributed by atoms with van der Waals surface area (Å²) in [5, 5.41) is 41.1. The first-order chi connectivity index (χ1) is 41.3. The summed E-state index contributed by atoms with van der Waals surface area (Å²) in [6, 6.07) is 17.3. The molecule has 29 heteroatoms. The van der Waals surface area contributed by atoms with E-state index in [1.807, 2.05) is 24.3 Å². The summed E-state index contributed by atoms with van der Waals surface area (Å²) in [6.07, 6.45) is 11.0. The molecule has 472 valence electrons. The number of carbonyl (C=O) groups is 4. The number of carboxylic acids is 2. The van der Waals surface area contributed by atoms with E-state index in [2.05, 4.69) is 0 Å². The number of carboxylic acid groups (broad SMARTS) is 2. The van der Waals surface area contributed by atoms with Crippen LogP contribution in [0.5, 0.6) is 11.5 Å². The number of sulfonamides is 2. The number of amides is 2. The molecule has 0 radical (unpaired) electrons. The number of rotatable bonds is 18. The zero-order chi connectivity index (χ0) is 65.0. The van der Waals surface area contributed by atoms with E-state index in [4.69, 9.17) is 0 Å². The summed E-state index contributed by atoms with van der Waals surface area (Å²) in [5.41, 5.74) is 2.14. The molecule has 2 aliphatic rings. The molecule has 3 N–H and O–H groups in total. The SMILES string of the molecule is C[C@H](C(=O)N(Cc1ccc(C2CCCCC2)cc1)c1ccc(C(=O)O)c(O)c1)N(C)S(=O)(=O)c1c(F)c(F)c(F)c(F)c1F.C[C@H](C(=O)N(Cc1ccc(C2CCCCC2)cc1)c1ccc(C(=O)[O-])c(O)c1)N(C)S(=O)(=O)c1c(F)c(F)c(F)c(F)c1F.[Na+]. The summed E-state index contributed by atoms with van der Waals surface area (Å²) in [5.74, 6) is -31.2. The Kier molecular flexibility index (Phi) is 23.3. The average molecular weight is 1300 g/mol. The molecule has 0 bridgehead atoms. The summed E-state index contributed by atoms with van der Waals surface area (Å²) in [4.78, 5) is 48.0. The first-order valence-corrected chi connectivity index (χ1v) is 30.1. The molecule has 0 aliphatic heterocycles. The van der Waals surface area contributed by atoms with Crippen molar-refractivity contribution in [3.8, 4) is 11.5 Å². The average Bonchev–Trinajstić information content (AvgIpc) is 0.832. The fraction of sp³-hybridized carbons (Fsp3) is 0.333. The standard InChI is InChI=1S/2C30H29F5N2O6S.Na/c2*1-16(36(2)44(42,43)28-26(34)24(32)23(31)25(33)27(28)35)29(39)37(20-12-13-21(30(40)41)22(38)14-20)15-17-8-10-19(11-9-17)18-6-4-3-5-7-18;/h2*8-14,16,18,38H,3-7,15H2,1-2H3,(H,40,41);/q;;+1/p-1/t2*16-;/m11./s1. The first kappa shape index (κ1) is 71.0. The van der Waals surface area contributed by atoms with Crippen LogP contribution in [-0.2, 0) is 42.7 Å². The van der Waals surface area contributed by atoms with Crippen LogP contribution in [0.25, 0.3) is 0 Å². The van der Waals surface area contributed by atoms with Gasteiger partial charge in [-0.05, 0) is 97.9 Å². The summed E-state index contributed by atoms with van der Waals surface area (Å²) in [6.45, 7) is 1.63. The molecule has 0 saturated heterocycles. The van der Waals surface area contributed by atoms with E-state index in [1.165, 1.54) is 18.9 Å². The third kappa shape index (κ3) is 15.1. The predicted octanol–water partition coefficient (Wildman–Crippen LogP) is 7.82. The Morgan fingerprint density at radius 1 is 0.483 bits per heavy atom. The van der Waals surface area contributed by atoms with Crippen LogP contribution in [0.3, 0.4) is 0 Å². The van der Waals surface area contributed by atoms with Gasteiger partial charge in [-0.1, -0.05) is 87.1 Å². The molecule has 6 aromatic carbocycles. The van der Waals surface area contributed by atoms with Gasteiger partial charge in [0.15, 0.2) is 56.3 Å². The number of hydrogen-bond donors (Lipinski definition) is 3. The molecule has 89 heavy (non-hydrogen) atoms. The van der Waals surface area contributed by atoms with Gasteiger partial charge in [-0.3, -0.25) is 9.59 Å². The maximum absolute atomic E-state index is 14.5. The van der Waals surface area contributed by atoms with E-state index in [-0.39, 0.29) is 62.6 Å². The minimum Gasteiger partial charge on any atom is -0.545 e. The van der Waals surface area contributed by atoms with Crippen molar-refractivity contribution in [1.29, 1.82) is 0 Å². The number of benzene rings is 6. The number of halogens is 10. The number of likely N-dealkylation sites (N-methyl/N-ethyl adjacent to an activating group) is 2. The van der Waals surface area contributed by atoms with E-state index in [1.54, 1.807) is 24.3 Å². The van der Waals surface area contributed by atoms with Gasteiger partial charge in [0.1, 0.15) is 29.1 Å². The molecule has 2 saturated carbocycles. The summed E-state index contributed by atoms with van der Waals surface area (Å²) >= 11 is 0. The van der Waals surface area contributed by atoms with Crippen molar-refractivity contribution >= 4 is 55.2 Å². The van der Waals surface area contributed by atoms with Crippen molar-refractivity contribution < 1.29 is 130 Å². The Bertz CT molecular complexity index is 3590. The molecule has 2 aliphatic carbocycles. The molecular formula is C60H57F10N4NaO12S2. The number of hydrogen-bond acceptors (Lipinski definition) is 11. The quantitative estimate of drug-likeness (QED) is 0.0324. The van der Waals surface area contributed by atoms with Crippen molar-refractivity contribution in [2.75, 3.05) is 23.9 Å². The monoisotopic (exact) mass is 1300 g/mol. The van der Waals surface area contributed by atoms with Gasteiger partial charge in [0.25, 0.3) is 0 Å². The maximum Gasteiger partial charge on any atom is 1.00 e. The summed E-state index contributed by atoms with van der Waals surface area (Å²) < 4.78 is 193. The largest absolute Gasteiger partial charge is 1.00 e. The first-order valence-electron chi connectivity index (χ1n) is 27.2. The van der Waals surface area contributed by atoms with Gasteiger partial charge >= 0.3 is 35.5 Å². The number of aromatic hydroxyl groups is 2. The van der Waals surface area contributed by atoms with Crippen LogP contribution in [0.4, 0.5) is 55.3 Å². The van der Waals surface area contributed by atoms with E-state index in [9.17, 15) is 100 Å². The van der Waals surface area contributed by atoms with Crippen LogP contribution in [-0.4, -0.2) is 90.7 Å². The minimum atomic E-state index is -5.49. The number of nitrogens with zero attached hydrogens (tertiary/aromatic N) is 4.